The van der Waals surface area contributed by atoms with Gasteiger partial charge in [0.05, 0.1) is 11.1 Å². The Balaban J connectivity index is 1.59. The summed E-state index contributed by atoms with van der Waals surface area (Å²) in [7, 11) is 0. The highest BCUT2D eigenvalue weighted by Gasteiger charge is 2.18. The fraction of sp³-hybridized carbons (Fsp3) is 0.158. The van der Waals surface area contributed by atoms with Gasteiger partial charge in [0.15, 0.2) is 11.5 Å². The predicted molar refractivity (Wildman–Crippen MR) is 97.0 cm³/mol. The SMILES string of the molecule is CC(=O)n1cc(C(=O)NCc2ccc3c(c2)OCO3)c2ccc(Cl)cc21. The van der Waals surface area contributed by atoms with E-state index in [0.717, 1.165) is 5.56 Å². The van der Waals surface area contributed by atoms with Crippen LogP contribution in [0.5, 0.6) is 11.5 Å². The molecule has 0 unspecified atom stereocenters. The van der Waals surface area contributed by atoms with Crippen molar-refractivity contribution in [1.82, 2.24) is 9.88 Å². The van der Waals surface area contributed by atoms with Crippen molar-refractivity contribution < 1.29 is 19.1 Å². The summed E-state index contributed by atoms with van der Waals surface area (Å²) in [5, 5.41) is 4.05. The van der Waals surface area contributed by atoms with Crippen molar-refractivity contribution >= 4 is 34.3 Å². The van der Waals surface area contributed by atoms with Gasteiger partial charge in [0, 0.05) is 30.1 Å². The molecule has 26 heavy (non-hydrogen) atoms. The van der Waals surface area contributed by atoms with Gasteiger partial charge in [-0.25, -0.2) is 0 Å². The highest BCUT2D eigenvalue weighted by atomic mass is 35.5. The Morgan fingerprint density at radius 2 is 1.96 bits per heavy atom. The van der Waals surface area contributed by atoms with Gasteiger partial charge in [0.1, 0.15) is 0 Å². The van der Waals surface area contributed by atoms with Crippen LogP contribution in [0.25, 0.3) is 10.9 Å². The molecule has 1 aliphatic rings. The number of rotatable bonds is 3. The molecular formula is C19H15ClN2O4. The minimum atomic E-state index is -0.269. The number of ether oxygens (including phenoxy) is 2. The maximum absolute atomic E-state index is 12.7. The van der Waals surface area contributed by atoms with Crippen LogP contribution in [0.1, 0.15) is 27.6 Å². The molecule has 3 aromatic rings. The Labute approximate surface area is 154 Å². The number of nitrogens with zero attached hydrogens (tertiary/aromatic N) is 1. The van der Waals surface area contributed by atoms with Gasteiger partial charge in [-0.2, -0.15) is 0 Å². The molecule has 1 aromatic heterocycles. The lowest BCUT2D eigenvalue weighted by molar-refractivity contribution is 0.0941. The third kappa shape index (κ3) is 2.88. The van der Waals surface area contributed by atoms with Gasteiger partial charge in [-0.1, -0.05) is 23.7 Å². The number of hydrogen-bond acceptors (Lipinski definition) is 4. The quantitative estimate of drug-likeness (QED) is 0.764. The molecule has 2 heterocycles. The summed E-state index contributed by atoms with van der Waals surface area (Å²) >= 11 is 6.02. The van der Waals surface area contributed by atoms with Crippen molar-refractivity contribution in [2.75, 3.05) is 6.79 Å². The van der Waals surface area contributed by atoms with Crippen molar-refractivity contribution in [3.63, 3.8) is 0 Å². The van der Waals surface area contributed by atoms with Crippen LogP contribution in [-0.2, 0) is 6.54 Å². The zero-order chi connectivity index (χ0) is 18.3. The van der Waals surface area contributed by atoms with Crippen LogP contribution in [0.3, 0.4) is 0 Å². The molecule has 132 valence electrons. The third-order valence-corrected chi connectivity index (χ3v) is 4.48. The number of carbonyl (C=O) groups is 2. The minimum absolute atomic E-state index is 0.188. The molecule has 2 aromatic carbocycles. The van der Waals surface area contributed by atoms with Crippen molar-refractivity contribution in [3.8, 4) is 11.5 Å². The fourth-order valence-electron chi connectivity index (χ4n) is 2.97. The Kier molecular flexibility index (Phi) is 4.05. The predicted octanol–water partition coefficient (Wildman–Crippen LogP) is 3.61. The van der Waals surface area contributed by atoms with Crippen molar-refractivity contribution in [2.24, 2.45) is 0 Å². The van der Waals surface area contributed by atoms with E-state index in [1.807, 2.05) is 18.2 Å². The first-order valence-corrected chi connectivity index (χ1v) is 8.39. The van der Waals surface area contributed by atoms with Gasteiger partial charge in [-0.05, 0) is 29.8 Å². The van der Waals surface area contributed by atoms with Gasteiger partial charge in [-0.3, -0.25) is 14.2 Å². The Bertz CT molecular complexity index is 1040. The van der Waals surface area contributed by atoms with Crippen molar-refractivity contribution in [1.29, 1.82) is 0 Å². The highest BCUT2D eigenvalue weighted by molar-refractivity contribution is 6.31. The largest absolute Gasteiger partial charge is 0.454 e. The summed E-state index contributed by atoms with van der Waals surface area (Å²) in [5.74, 6) is 0.906. The standard InChI is InChI=1S/C19H15ClN2O4/c1-11(23)22-9-15(14-4-3-13(20)7-16(14)22)19(24)21-8-12-2-5-17-18(6-12)26-10-25-17/h2-7,9H,8,10H2,1H3,(H,21,24). The number of amides is 1. The number of carbonyl (C=O) groups excluding carboxylic acids is 2. The zero-order valence-electron chi connectivity index (χ0n) is 13.9. The van der Waals surface area contributed by atoms with Crippen molar-refractivity contribution in [3.05, 3.63) is 58.7 Å². The van der Waals surface area contributed by atoms with Crippen LogP contribution in [0.2, 0.25) is 5.02 Å². The van der Waals surface area contributed by atoms with Crippen LogP contribution in [0.4, 0.5) is 0 Å². The molecule has 4 rings (SSSR count). The number of benzene rings is 2. The molecular weight excluding hydrogens is 356 g/mol. The molecule has 0 atom stereocenters. The molecule has 0 radical (unpaired) electrons. The number of hydrogen-bond donors (Lipinski definition) is 1. The third-order valence-electron chi connectivity index (χ3n) is 4.24. The maximum atomic E-state index is 12.7. The van der Waals surface area contributed by atoms with E-state index < -0.39 is 0 Å². The lowest BCUT2D eigenvalue weighted by Gasteiger charge is -2.06. The number of halogens is 1. The van der Waals surface area contributed by atoms with E-state index in [1.54, 1.807) is 18.2 Å². The first kappa shape index (κ1) is 16.5. The minimum Gasteiger partial charge on any atom is -0.454 e. The molecule has 1 aliphatic heterocycles. The van der Waals surface area contributed by atoms with E-state index in [4.69, 9.17) is 21.1 Å². The molecule has 1 N–H and O–H groups in total. The summed E-state index contributed by atoms with van der Waals surface area (Å²) < 4.78 is 12.0. The summed E-state index contributed by atoms with van der Waals surface area (Å²) in [6.45, 7) is 1.97. The van der Waals surface area contributed by atoms with Gasteiger partial charge >= 0.3 is 0 Å². The molecule has 7 heteroatoms. The average molecular weight is 371 g/mol. The first-order chi connectivity index (χ1) is 12.5. The van der Waals surface area contributed by atoms with E-state index in [2.05, 4.69) is 5.32 Å². The van der Waals surface area contributed by atoms with Crippen LogP contribution in [-0.4, -0.2) is 23.2 Å². The van der Waals surface area contributed by atoms with Crippen LogP contribution >= 0.6 is 11.6 Å². The average Bonchev–Trinajstić information content (AvgIpc) is 3.23. The van der Waals surface area contributed by atoms with Crippen LogP contribution < -0.4 is 14.8 Å². The molecule has 0 saturated heterocycles. The van der Waals surface area contributed by atoms with Gasteiger partial charge in [-0.15, -0.1) is 0 Å². The Morgan fingerprint density at radius 1 is 1.15 bits per heavy atom. The van der Waals surface area contributed by atoms with E-state index in [-0.39, 0.29) is 18.6 Å². The Hall–Kier alpha value is -2.99. The number of nitrogens with one attached hydrogen (secondary N) is 1. The molecule has 0 bridgehead atoms. The van der Waals surface area contributed by atoms with Gasteiger partial charge in [0.25, 0.3) is 5.91 Å². The van der Waals surface area contributed by atoms with Crippen LogP contribution in [0.15, 0.2) is 42.6 Å². The maximum Gasteiger partial charge on any atom is 0.253 e. The van der Waals surface area contributed by atoms with Crippen molar-refractivity contribution in [2.45, 2.75) is 13.5 Å². The first-order valence-electron chi connectivity index (χ1n) is 8.01. The second-order valence-corrected chi connectivity index (χ2v) is 6.40. The molecule has 0 fully saturated rings. The van der Waals surface area contributed by atoms with E-state index >= 15 is 0 Å². The highest BCUT2D eigenvalue weighted by Crippen LogP contribution is 2.32. The second kappa shape index (κ2) is 6.38. The molecule has 6 nitrogen and oxygen atoms in total. The monoisotopic (exact) mass is 370 g/mol. The molecule has 0 aliphatic carbocycles. The lowest BCUT2D eigenvalue weighted by atomic mass is 10.1. The van der Waals surface area contributed by atoms with Gasteiger partial charge < -0.3 is 14.8 Å². The number of aromatic nitrogens is 1. The topological polar surface area (TPSA) is 69.6 Å². The molecule has 1 amide bonds. The summed E-state index contributed by atoms with van der Waals surface area (Å²) in [4.78, 5) is 24.5. The normalized spacial score (nSPS) is 12.4. The summed E-state index contributed by atoms with van der Waals surface area (Å²) in [6, 6.07) is 10.6. The summed E-state index contributed by atoms with van der Waals surface area (Å²) in [6.07, 6.45) is 1.54. The smallest absolute Gasteiger partial charge is 0.253 e. The Morgan fingerprint density at radius 3 is 2.77 bits per heavy atom. The van der Waals surface area contributed by atoms with E-state index in [9.17, 15) is 9.59 Å². The summed E-state index contributed by atoms with van der Waals surface area (Å²) in [5.41, 5.74) is 1.92. The molecule has 0 saturated carbocycles. The van der Waals surface area contributed by atoms with Crippen LogP contribution in [0, 0.1) is 0 Å². The molecule has 0 spiro atoms. The number of fused-ring (bicyclic) bond motifs is 2. The second-order valence-electron chi connectivity index (χ2n) is 5.96. The van der Waals surface area contributed by atoms with E-state index in [1.165, 1.54) is 17.7 Å². The zero-order valence-corrected chi connectivity index (χ0v) is 14.7. The van der Waals surface area contributed by atoms with Gasteiger partial charge in [0.2, 0.25) is 12.7 Å². The fourth-order valence-corrected chi connectivity index (χ4v) is 3.14. The lowest BCUT2D eigenvalue weighted by Crippen LogP contribution is -2.22. The van der Waals surface area contributed by atoms with E-state index in [0.29, 0.717) is 39.5 Å².